The van der Waals surface area contributed by atoms with Crippen molar-refractivity contribution in [1.29, 1.82) is 0 Å². The first kappa shape index (κ1) is 29.1. The lowest BCUT2D eigenvalue weighted by Crippen LogP contribution is -2.49. The van der Waals surface area contributed by atoms with Crippen LogP contribution >= 0.6 is 0 Å². The van der Waals surface area contributed by atoms with E-state index in [1.165, 1.54) is 7.11 Å². The van der Waals surface area contributed by atoms with Crippen molar-refractivity contribution in [2.24, 2.45) is 0 Å². The van der Waals surface area contributed by atoms with Crippen molar-refractivity contribution in [2.75, 3.05) is 38.7 Å². The molecule has 3 amide bonds. The second-order valence-corrected chi connectivity index (χ2v) is 10.9. The van der Waals surface area contributed by atoms with Gasteiger partial charge in [-0.25, -0.2) is 9.78 Å². The lowest BCUT2D eigenvalue weighted by Gasteiger charge is -2.35. The van der Waals surface area contributed by atoms with E-state index in [2.05, 4.69) is 20.0 Å². The van der Waals surface area contributed by atoms with Gasteiger partial charge in [0.25, 0.3) is 11.8 Å². The van der Waals surface area contributed by atoms with Crippen LogP contribution in [0.2, 0.25) is 0 Å². The molecule has 11 nitrogen and oxygen atoms in total. The number of fused-ring (bicyclic) bond motifs is 1. The first-order valence-corrected chi connectivity index (χ1v) is 13.2. The van der Waals surface area contributed by atoms with Crippen LogP contribution in [0.1, 0.15) is 46.1 Å². The largest absolute Gasteiger partial charge is 0.469 e. The minimum Gasteiger partial charge on any atom is -0.469 e. The molecular weight excluding hydrogens is 513 g/mol. The minimum absolute atomic E-state index is 0.00509. The van der Waals surface area contributed by atoms with E-state index in [4.69, 9.17) is 12.6 Å². The normalized spacial score (nSPS) is 16.6. The molecule has 1 saturated heterocycles. The Morgan fingerprint density at radius 2 is 1.77 bits per heavy atom. The summed E-state index contributed by atoms with van der Waals surface area (Å²) in [4.78, 5) is 58.5. The van der Waals surface area contributed by atoms with Crippen molar-refractivity contribution in [3.63, 3.8) is 0 Å². The Bertz CT molecular complexity index is 1380. The second-order valence-electron chi connectivity index (χ2n) is 10.9. The number of esters is 1. The van der Waals surface area contributed by atoms with Crippen LogP contribution in [-0.2, 0) is 30.4 Å². The number of anilines is 1. The predicted molar refractivity (Wildman–Crippen MR) is 150 cm³/mol. The molecule has 210 valence electrons. The maximum atomic E-state index is 13.1. The monoisotopic (exact) mass is 547 g/mol. The lowest BCUT2D eigenvalue weighted by molar-refractivity contribution is -0.140. The summed E-state index contributed by atoms with van der Waals surface area (Å²) < 4.78 is 10.2. The van der Waals surface area contributed by atoms with E-state index in [1.54, 1.807) is 30.0 Å². The Kier molecular flexibility index (Phi) is 8.48. The molecule has 40 heavy (non-hydrogen) atoms. The molecule has 3 heterocycles. The van der Waals surface area contributed by atoms with Gasteiger partial charge in [0, 0.05) is 55.7 Å². The Balaban J connectivity index is 1.51. The van der Waals surface area contributed by atoms with Crippen molar-refractivity contribution in [3.8, 4) is 0 Å². The molecule has 0 spiro atoms. The fourth-order valence-corrected chi connectivity index (χ4v) is 4.69. The maximum Gasteiger partial charge on any atom is 0.410 e. The molecule has 0 saturated carbocycles. The number of benzene rings is 1. The van der Waals surface area contributed by atoms with Gasteiger partial charge >= 0.3 is 12.1 Å². The summed E-state index contributed by atoms with van der Waals surface area (Å²) in [6, 6.07) is 7.25. The molecule has 2 radical (unpaired) electrons. The number of ether oxygens (including phenoxy) is 2. The van der Waals surface area contributed by atoms with E-state index >= 15 is 0 Å². The van der Waals surface area contributed by atoms with Crippen LogP contribution in [-0.4, -0.2) is 90.4 Å². The molecule has 12 heteroatoms. The van der Waals surface area contributed by atoms with E-state index in [-0.39, 0.29) is 30.1 Å². The maximum absolute atomic E-state index is 13.1. The van der Waals surface area contributed by atoms with Gasteiger partial charge in [0.2, 0.25) is 0 Å². The third kappa shape index (κ3) is 6.61. The quantitative estimate of drug-likeness (QED) is 0.315. The highest BCUT2D eigenvalue weighted by atomic mass is 16.6. The first-order chi connectivity index (χ1) is 18.9. The molecule has 1 aromatic carbocycles. The third-order valence-electron chi connectivity index (χ3n) is 6.81. The van der Waals surface area contributed by atoms with Gasteiger partial charge < -0.3 is 14.4 Å². The molecule has 0 unspecified atom stereocenters. The van der Waals surface area contributed by atoms with Crippen LogP contribution in [0.4, 0.5) is 10.6 Å². The molecule has 0 aliphatic carbocycles. The van der Waals surface area contributed by atoms with E-state index in [0.29, 0.717) is 49.5 Å². The highest BCUT2D eigenvalue weighted by Gasteiger charge is 2.36. The van der Waals surface area contributed by atoms with E-state index < -0.39 is 23.4 Å². The number of methoxy groups -OCH3 is 1. The van der Waals surface area contributed by atoms with Crippen molar-refractivity contribution in [2.45, 2.75) is 52.7 Å². The average Bonchev–Trinajstić information content (AvgIpc) is 3.09. The van der Waals surface area contributed by atoms with Crippen LogP contribution in [0.5, 0.6) is 0 Å². The van der Waals surface area contributed by atoms with Crippen LogP contribution in [0.3, 0.4) is 0 Å². The molecule has 1 fully saturated rings. The predicted octanol–water partition coefficient (Wildman–Crippen LogP) is 2.05. The third-order valence-corrected chi connectivity index (χ3v) is 6.81. The van der Waals surface area contributed by atoms with E-state index in [9.17, 15) is 19.2 Å². The van der Waals surface area contributed by atoms with Crippen molar-refractivity contribution < 1.29 is 28.7 Å². The van der Waals surface area contributed by atoms with Gasteiger partial charge in [0.1, 0.15) is 19.3 Å². The lowest BCUT2D eigenvalue weighted by atomic mass is 9.94. The number of carbonyl (C=O) groups is 4. The zero-order chi connectivity index (χ0) is 29.2. The molecule has 2 aromatic rings. The number of carbonyl (C=O) groups excluding carboxylic acids is 4. The number of hydrazine groups is 1. The summed E-state index contributed by atoms with van der Waals surface area (Å²) in [6.07, 6.45) is -0.225. The number of hydrogen-bond acceptors (Lipinski definition) is 9. The summed E-state index contributed by atoms with van der Waals surface area (Å²) in [5.74, 6) is -1.18. The Morgan fingerprint density at radius 1 is 1.07 bits per heavy atom. The fourth-order valence-electron chi connectivity index (χ4n) is 4.69. The summed E-state index contributed by atoms with van der Waals surface area (Å²) in [5, 5.41) is 1.81. The molecule has 1 aromatic heterocycles. The van der Waals surface area contributed by atoms with Gasteiger partial charge in [-0.05, 0) is 51.8 Å². The van der Waals surface area contributed by atoms with Crippen LogP contribution in [0, 0.1) is 0 Å². The molecular formula is C28H34BN5O6. The summed E-state index contributed by atoms with van der Waals surface area (Å²) in [7, 11) is 7.30. The number of amides is 3. The van der Waals surface area contributed by atoms with Gasteiger partial charge in [-0.1, -0.05) is 17.6 Å². The number of pyridine rings is 1. The number of imide groups is 1. The smallest absolute Gasteiger partial charge is 0.410 e. The van der Waals surface area contributed by atoms with Crippen LogP contribution in [0.15, 0.2) is 35.4 Å². The number of nitrogens with one attached hydrogen (secondary N) is 1. The molecule has 2 aliphatic heterocycles. The number of rotatable bonds is 7. The first-order valence-electron chi connectivity index (χ1n) is 13.2. The van der Waals surface area contributed by atoms with Gasteiger partial charge in [-0.3, -0.25) is 24.7 Å². The van der Waals surface area contributed by atoms with Gasteiger partial charge in [0.15, 0.2) is 0 Å². The van der Waals surface area contributed by atoms with Gasteiger partial charge in [-0.2, -0.15) is 5.01 Å². The fraction of sp³-hybridized carbons (Fsp3) is 0.464. The van der Waals surface area contributed by atoms with Gasteiger partial charge in [0.05, 0.1) is 12.6 Å². The highest BCUT2D eigenvalue weighted by Crippen LogP contribution is 2.27. The number of piperazine rings is 1. The SMILES string of the molecule is [B]c1ccc2c(CN3CCN(C(=O)OC(C)(C)C)CC3)cc(NN3C(=O)C(C)=C(CCC(=O)OC)C3=O)nc2c1. The number of hydrogen-bond donors (Lipinski definition) is 1. The minimum atomic E-state index is -0.552. The molecule has 2 aliphatic rings. The second kappa shape index (κ2) is 11.7. The van der Waals surface area contributed by atoms with Crippen LogP contribution in [0.25, 0.3) is 10.9 Å². The molecule has 0 atom stereocenters. The summed E-state index contributed by atoms with van der Waals surface area (Å²) in [6.45, 7) is 10.0. The number of aromatic nitrogens is 1. The van der Waals surface area contributed by atoms with Crippen molar-refractivity contribution in [1.82, 2.24) is 19.8 Å². The van der Waals surface area contributed by atoms with Gasteiger partial charge in [-0.15, -0.1) is 0 Å². The van der Waals surface area contributed by atoms with Crippen LogP contribution < -0.4 is 10.9 Å². The molecule has 0 bridgehead atoms. The zero-order valence-corrected chi connectivity index (χ0v) is 23.6. The van der Waals surface area contributed by atoms with Crippen molar-refractivity contribution in [3.05, 3.63) is 41.0 Å². The summed E-state index contributed by atoms with van der Waals surface area (Å²) >= 11 is 0. The summed E-state index contributed by atoms with van der Waals surface area (Å²) in [5.41, 5.74) is 4.92. The van der Waals surface area contributed by atoms with E-state index in [1.807, 2.05) is 26.8 Å². The molecule has 1 N–H and O–H groups in total. The zero-order valence-electron chi connectivity index (χ0n) is 23.6. The molecule has 4 rings (SSSR count). The van der Waals surface area contributed by atoms with E-state index in [0.717, 1.165) is 16.0 Å². The standard InChI is InChI=1S/C28H34BN5O6/c1-17-20(8-9-24(35)39-5)26(37)34(25(17)36)31-23-14-18(21-7-6-19(29)15-22(21)30-23)16-32-10-12-33(13-11-32)27(38)40-28(2,3)4/h6-7,14-15H,8-13,16H2,1-5H3,(H,30,31). The average molecular weight is 547 g/mol. The highest BCUT2D eigenvalue weighted by molar-refractivity contribution is 6.33. The number of nitrogens with zero attached hydrogens (tertiary/aromatic N) is 4. The Hall–Kier alpha value is -3.93. The topological polar surface area (TPSA) is 121 Å². The Morgan fingerprint density at radius 3 is 2.42 bits per heavy atom. The Labute approximate surface area is 234 Å². The van der Waals surface area contributed by atoms with Crippen molar-refractivity contribution >= 4 is 53.9 Å².